The number of hydrazine groups is 1. The van der Waals surface area contributed by atoms with Crippen molar-refractivity contribution in [1.82, 2.24) is 10.9 Å². The van der Waals surface area contributed by atoms with Crippen LogP contribution in [0.4, 0.5) is 5.69 Å². The van der Waals surface area contributed by atoms with Crippen LogP contribution in [0, 0.1) is 6.92 Å². The molecule has 3 aromatic rings. The Bertz CT molecular complexity index is 1120. The van der Waals surface area contributed by atoms with Gasteiger partial charge in [-0.15, -0.1) is 0 Å². The van der Waals surface area contributed by atoms with E-state index in [0.717, 1.165) is 4.31 Å². The number of carbonyl (C=O) groups excluding carboxylic acids is 2. The summed E-state index contributed by atoms with van der Waals surface area (Å²) in [4.78, 5) is 24.2. The van der Waals surface area contributed by atoms with E-state index in [9.17, 15) is 18.0 Å². The number of nitrogens with zero attached hydrogens (tertiary/aromatic N) is 1. The molecule has 0 atom stereocenters. The lowest BCUT2D eigenvalue weighted by atomic mass is 10.2. The summed E-state index contributed by atoms with van der Waals surface area (Å²) in [7, 11) is -2.32. The maximum absolute atomic E-state index is 12.8. The van der Waals surface area contributed by atoms with Gasteiger partial charge in [-0.25, -0.2) is 8.42 Å². The SMILES string of the molecule is Cc1occc1C(=O)NNC(=O)c1ccc(S(=O)(=O)N(C)c2ccccc2)cc1. The summed E-state index contributed by atoms with van der Waals surface area (Å²) in [5, 5.41) is 0. The lowest BCUT2D eigenvalue weighted by molar-refractivity contribution is 0.0845. The molecule has 9 heteroatoms. The Labute approximate surface area is 168 Å². The molecular weight excluding hydrogens is 394 g/mol. The second kappa shape index (κ2) is 8.19. The molecule has 0 aliphatic rings. The summed E-state index contributed by atoms with van der Waals surface area (Å²) in [5.74, 6) is -0.679. The van der Waals surface area contributed by atoms with Crippen LogP contribution in [0.5, 0.6) is 0 Å². The van der Waals surface area contributed by atoms with Crippen molar-refractivity contribution in [2.24, 2.45) is 0 Å². The molecule has 0 unspecified atom stereocenters. The van der Waals surface area contributed by atoms with Crippen LogP contribution in [0.15, 0.2) is 76.2 Å². The van der Waals surface area contributed by atoms with Gasteiger partial charge < -0.3 is 4.42 Å². The summed E-state index contributed by atoms with van der Waals surface area (Å²) in [6.45, 7) is 1.63. The van der Waals surface area contributed by atoms with E-state index in [-0.39, 0.29) is 10.5 Å². The molecule has 0 aliphatic heterocycles. The van der Waals surface area contributed by atoms with Crippen molar-refractivity contribution in [3.8, 4) is 0 Å². The van der Waals surface area contributed by atoms with Crippen LogP contribution in [-0.4, -0.2) is 27.3 Å². The third kappa shape index (κ3) is 4.30. The first-order chi connectivity index (χ1) is 13.8. The topological polar surface area (TPSA) is 109 Å². The number of carbonyl (C=O) groups is 2. The lowest BCUT2D eigenvalue weighted by Crippen LogP contribution is -2.41. The van der Waals surface area contributed by atoms with Gasteiger partial charge in [0, 0.05) is 12.6 Å². The number of aryl methyl sites for hydroxylation is 1. The fourth-order valence-electron chi connectivity index (χ4n) is 2.59. The van der Waals surface area contributed by atoms with Gasteiger partial charge in [-0.05, 0) is 49.4 Å². The van der Waals surface area contributed by atoms with Crippen molar-refractivity contribution in [2.75, 3.05) is 11.4 Å². The van der Waals surface area contributed by atoms with Crippen molar-refractivity contribution < 1.29 is 22.4 Å². The van der Waals surface area contributed by atoms with Crippen LogP contribution in [0.3, 0.4) is 0 Å². The Morgan fingerprint density at radius 2 is 1.52 bits per heavy atom. The zero-order chi connectivity index (χ0) is 21.0. The normalized spacial score (nSPS) is 11.0. The molecule has 3 rings (SSSR count). The molecule has 2 N–H and O–H groups in total. The number of amides is 2. The summed E-state index contributed by atoms with van der Waals surface area (Å²) < 4.78 is 31.7. The van der Waals surface area contributed by atoms with E-state index in [1.54, 1.807) is 37.3 Å². The zero-order valence-electron chi connectivity index (χ0n) is 15.7. The first-order valence-corrected chi connectivity index (χ1v) is 10.0. The minimum Gasteiger partial charge on any atom is -0.469 e. The highest BCUT2D eigenvalue weighted by Crippen LogP contribution is 2.21. The second-order valence-electron chi connectivity index (χ2n) is 6.13. The van der Waals surface area contributed by atoms with Gasteiger partial charge in [0.1, 0.15) is 5.76 Å². The number of sulfonamides is 1. The maximum atomic E-state index is 12.8. The molecule has 0 saturated carbocycles. The molecule has 8 nitrogen and oxygen atoms in total. The number of rotatable bonds is 5. The fraction of sp³-hybridized carbons (Fsp3) is 0.100. The molecule has 1 heterocycles. The van der Waals surface area contributed by atoms with Gasteiger partial charge in [-0.3, -0.25) is 24.7 Å². The number of benzene rings is 2. The lowest BCUT2D eigenvalue weighted by Gasteiger charge is -2.19. The van der Waals surface area contributed by atoms with Gasteiger partial charge in [-0.2, -0.15) is 0 Å². The molecule has 150 valence electrons. The molecule has 2 aromatic carbocycles. The van der Waals surface area contributed by atoms with Crippen molar-refractivity contribution in [1.29, 1.82) is 0 Å². The van der Waals surface area contributed by atoms with E-state index >= 15 is 0 Å². The monoisotopic (exact) mass is 413 g/mol. The molecule has 0 spiro atoms. The van der Waals surface area contributed by atoms with E-state index in [1.807, 2.05) is 0 Å². The molecule has 29 heavy (non-hydrogen) atoms. The van der Waals surface area contributed by atoms with Crippen LogP contribution in [0.1, 0.15) is 26.5 Å². The molecule has 0 bridgehead atoms. The van der Waals surface area contributed by atoms with Gasteiger partial charge in [0.05, 0.1) is 22.4 Å². The first kappa shape index (κ1) is 20.2. The summed E-state index contributed by atoms with van der Waals surface area (Å²) >= 11 is 0. The Hall–Kier alpha value is -3.59. The number of nitrogens with one attached hydrogen (secondary N) is 2. The van der Waals surface area contributed by atoms with E-state index in [4.69, 9.17) is 4.42 Å². The highest BCUT2D eigenvalue weighted by molar-refractivity contribution is 7.92. The Kier molecular flexibility index (Phi) is 5.69. The molecular formula is C20H19N3O5S. The van der Waals surface area contributed by atoms with Crippen LogP contribution >= 0.6 is 0 Å². The van der Waals surface area contributed by atoms with Gasteiger partial charge in [0.25, 0.3) is 21.8 Å². The summed E-state index contributed by atoms with van der Waals surface area (Å²) in [6.07, 6.45) is 1.37. The third-order valence-electron chi connectivity index (χ3n) is 4.29. The first-order valence-electron chi connectivity index (χ1n) is 8.59. The van der Waals surface area contributed by atoms with Crippen molar-refractivity contribution >= 4 is 27.5 Å². The number of anilines is 1. The van der Waals surface area contributed by atoms with Crippen molar-refractivity contribution in [3.63, 3.8) is 0 Å². The quantitative estimate of drug-likeness (QED) is 0.625. The second-order valence-corrected chi connectivity index (χ2v) is 8.10. The number of hydrogen-bond acceptors (Lipinski definition) is 5. The molecule has 2 amide bonds. The average Bonchev–Trinajstić information content (AvgIpc) is 3.17. The van der Waals surface area contributed by atoms with E-state index < -0.39 is 21.8 Å². The fourth-order valence-corrected chi connectivity index (χ4v) is 3.78. The zero-order valence-corrected chi connectivity index (χ0v) is 16.6. The van der Waals surface area contributed by atoms with Gasteiger partial charge in [0.15, 0.2) is 0 Å². The number of hydrogen-bond donors (Lipinski definition) is 2. The standard InChI is InChI=1S/C20H19N3O5S/c1-14-18(12-13-28-14)20(25)22-21-19(24)15-8-10-17(11-9-15)29(26,27)23(2)16-6-4-3-5-7-16/h3-13H,1-2H3,(H,21,24)(H,22,25). The predicted molar refractivity (Wildman–Crippen MR) is 107 cm³/mol. The predicted octanol–water partition coefficient (Wildman–Crippen LogP) is 2.49. The minimum absolute atomic E-state index is 0.0402. The van der Waals surface area contributed by atoms with E-state index in [2.05, 4.69) is 10.9 Å². The molecule has 0 radical (unpaired) electrons. The summed E-state index contributed by atoms with van der Waals surface area (Å²) in [6, 6.07) is 15.6. The van der Waals surface area contributed by atoms with Crippen LogP contribution in [0.2, 0.25) is 0 Å². The van der Waals surface area contributed by atoms with Gasteiger partial charge in [0.2, 0.25) is 0 Å². The summed E-state index contributed by atoms with van der Waals surface area (Å²) in [5.41, 5.74) is 5.58. The van der Waals surface area contributed by atoms with Crippen molar-refractivity contribution in [2.45, 2.75) is 11.8 Å². The molecule has 1 aromatic heterocycles. The third-order valence-corrected chi connectivity index (χ3v) is 6.09. The highest BCUT2D eigenvalue weighted by atomic mass is 32.2. The maximum Gasteiger partial charge on any atom is 0.273 e. The number of para-hydroxylation sites is 1. The van der Waals surface area contributed by atoms with Crippen LogP contribution < -0.4 is 15.2 Å². The molecule has 0 saturated heterocycles. The Balaban J connectivity index is 1.68. The minimum atomic E-state index is -3.77. The highest BCUT2D eigenvalue weighted by Gasteiger charge is 2.21. The largest absolute Gasteiger partial charge is 0.469 e. The van der Waals surface area contributed by atoms with E-state index in [1.165, 1.54) is 43.6 Å². The molecule has 0 aliphatic carbocycles. The van der Waals surface area contributed by atoms with E-state index in [0.29, 0.717) is 17.0 Å². The Morgan fingerprint density at radius 3 is 2.10 bits per heavy atom. The number of furan rings is 1. The van der Waals surface area contributed by atoms with Gasteiger partial charge >= 0.3 is 0 Å². The van der Waals surface area contributed by atoms with Crippen LogP contribution in [-0.2, 0) is 10.0 Å². The van der Waals surface area contributed by atoms with Gasteiger partial charge in [-0.1, -0.05) is 18.2 Å². The smallest absolute Gasteiger partial charge is 0.273 e. The van der Waals surface area contributed by atoms with Crippen LogP contribution in [0.25, 0.3) is 0 Å². The average molecular weight is 413 g/mol. The molecule has 0 fully saturated rings. The Morgan fingerprint density at radius 1 is 0.897 bits per heavy atom. The van der Waals surface area contributed by atoms with Crippen molar-refractivity contribution in [3.05, 3.63) is 83.8 Å².